The first-order chi connectivity index (χ1) is 11.7. The Morgan fingerprint density at radius 1 is 1.00 bits per heavy atom. The van der Waals surface area contributed by atoms with Crippen LogP contribution in [-0.4, -0.2) is 32.8 Å². The van der Waals surface area contributed by atoms with E-state index >= 15 is 0 Å². The van der Waals surface area contributed by atoms with Crippen LogP contribution in [0.1, 0.15) is 23.6 Å². The number of ether oxygens (including phenoxy) is 1. The largest absolute Gasteiger partial charge is 0.494 e. The van der Waals surface area contributed by atoms with Crippen LogP contribution in [-0.2, 0) is 6.54 Å². The van der Waals surface area contributed by atoms with Crippen molar-refractivity contribution in [3.8, 4) is 5.75 Å². The van der Waals surface area contributed by atoms with Crippen molar-refractivity contribution < 1.29 is 9.64 Å². The maximum Gasteiger partial charge on any atom is 0.119 e. The first kappa shape index (κ1) is 16.8. The monoisotopic (exact) mass is 325 g/mol. The highest BCUT2D eigenvalue weighted by Crippen LogP contribution is 2.21. The molecule has 24 heavy (non-hydrogen) atoms. The predicted molar refractivity (Wildman–Crippen MR) is 100 cm³/mol. The minimum absolute atomic E-state index is 0.727. The molecule has 2 aromatic carbocycles. The molecule has 1 N–H and O–H groups in total. The summed E-state index contributed by atoms with van der Waals surface area (Å²) in [4.78, 5) is 4.21. The van der Waals surface area contributed by atoms with Gasteiger partial charge in [0.25, 0.3) is 0 Å². The van der Waals surface area contributed by atoms with Crippen molar-refractivity contribution in [1.82, 2.24) is 0 Å². The number of quaternary nitrogens is 1. The molecular weight excluding hydrogens is 296 g/mol. The minimum Gasteiger partial charge on any atom is -0.494 e. The molecule has 0 aromatic heterocycles. The molecule has 0 bridgehead atoms. The van der Waals surface area contributed by atoms with E-state index in [1.165, 1.54) is 35.5 Å². The van der Waals surface area contributed by atoms with Crippen LogP contribution in [0.3, 0.4) is 0 Å². The summed E-state index contributed by atoms with van der Waals surface area (Å²) in [6.45, 7) is 12.9. The Morgan fingerprint density at radius 2 is 1.71 bits per heavy atom. The molecule has 3 heteroatoms. The number of rotatable bonds is 5. The topological polar surface area (TPSA) is 16.9 Å². The summed E-state index contributed by atoms with van der Waals surface area (Å²) in [5.74, 6) is 0.969. The number of benzene rings is 2. The van der Waals surface area contributed by atoms with Crippen LogP contribution < -0.4 is 14.5 Å². The number of aryl methyl sites for hydroxylation is 2. The quantitative estimate of drug-likeness (QED) is 0.910. The number of nitrogens with zero attached hydrogens (tertiary/aromatic N) is 1. The fourth-order valence-electron chi connectivity index (χ4n) is 3.46. The molecule has 0 unspecified atom stereocenters. The molecular formula is C21H29N2O+. The van der Waals surface area contributed by atoms with Gasteiger partial charge in [0.2, 0.25) is 0 Å². The van der Waals surface area contributed by atoms with Gasteiger partial charge in [-0.25, -0.2) is 0 Å². The summed E-state index contributed by atoms with van der Waals surface area (Å²) < 4.78 is 5.52. The number of piperazine rings is 1. The summed E-state index contributed by atoms with van der Waals surface area (Å²) in [5, 5.41) is 0. The molecule has 1 aliphatic rings. The van der Waals surface area contributed by atoms with Crippen molar-refractivity contribution in [2.45, 2.75) is 27.3 Å². The van der Waals surface area contributed by atoms with E-state index in [1.807, 2.05) is 6.92 Å². The van der Waals surface area contributed by atoms with Crippen LogP contribution >= 0.6 is 0 Å². The molecule has 0 radical (unpaired) electrons. The van der Waals surface area contributed by atoms with E-state index in [0.29, 0.717) is 0 Å². The first-order valence-corrected chi connectivity index (χ1v) is 9.03. The first-order valence-electron chi connectivity index (χ1n) is 9.03. The number of nitrogens with one attached hydrogen (secondary N) is 1. The average Bonchev–Trinajstić information content (AvgIpc) is 2.60. The van der Waals surface area contributed by atoms with Gasteiger partial charge in [-0.1, -0.05) is 12.1 Å². The Balaban J connectivity index is 1.56. The van der Waals surface area contributed by atoms with Gasteiger partial charge in [-0.2, -0.15) is 0 Å². The summed E-state index contributed by atoms with van der Waals surface area (Å²) in [6.07, 6.45) is 0. The molecule has 1 aliphatic heterocycles. The van der Waals surface area contributed by atoms with Crippen LogP contribution in [0.15, 0.2) is 42.5 Å². The average molecular weight is 325 g/mol. The lowest BCUT2D eigenvalue weighted by molar-refractivity contribution is -0.914. The van der Waals surface area contributed by atoms with Crippen molar-refractivity contribution in [1.29, 1.82) is 0 Å². The second kappa shape index (κ2) is 7.71. The van der Waals surface area contributed by atoms with Crippen molar-refractivity contribution >= 4 is 5.69 Å². The highest BCUT2D eigenvalue weighted by molar-refractivity contribution is 5.55. The van der Waals surface area contributed by atoms with Gasteiger partial charge < -0.3 is 14.5 Å². The molecule has 0 spiro atoms. The minimum atomic E-state index is 0.727. The summed E-state index contributed by atoms with van der Waals surface area (Å²) in [7, 11) is 0. The van der Waals surface area contributed by atoms with Gasteiger partial charge in [-0.05, 0) is 62.2 Å². The third-order valence-electron chi connectivity index (χ3n) is 4.86. The molecule has 0 atom stereocenters. The van der Waals surface area contributed by atoms with Crippen LogP contribution in [0.25, 0.3) is 0 Å². The zero-order chi connectivity index (χ0) is 16.9. The Kier molecular flexibility index (Phi) is 5.41. The Hall–Kier alpha value is -2.00. The second-order valence-electron chi connectivity index (χ2n) is 6.78. The van der Waals surface area contributed by atoms with Gasteiger partial charge in [0.1, 0.15) is 12.3 Å². The van der Waals surface area contributed by atoms with Gasteiger partial charge >= 0.3 is 0 Å². The fourth-order valence-corrected chi connectivity index (χ4v) is 3.46. The summed E-state index contributed by atoms with van der Waals surface area (Å²) in [6, 6.07) is 15.3. The molecule has 3 nitrogen and oxygen atoms in total. The van der Waals surface area contributed by atoms with Gasteiger partial charge in [-0.3, -0.25) is 0 Å². The molecule has 0 amide bonds. The van der Waals surface area contributed by atoms with E-state index in [0.717, 1.165) is 32.0 Å². The van der Waals surface area contributed by atoms with Crippen LogP contribution in [0.5, 0.6) is 5.75 Å². The van der Waals surface area contributed by atoms with Gasteiger partial charge in [0, 0.05) is 11.3 Å². The van der Waals surface area contributed by atoms with E-state index in [4.69, 9.17) is 4.74 Å². The van der Waals surface area contributed by atoms with Gasteiger partial charge in [-0.15, -0.1) is 0 Å². The third-order valence-corrected chi connectivity index (χ3v) is 4.86. The SMILES string of the molecule is CCOc1ccc(C[NH+]2CCN(c3cc(C)ccc3C)CC2)cc1. The maximum atomic E-state index is 5.52. The normalized spacial score (nSPS) is 15.5. The highest BCUT2D eigenvalue weighted by Gasteiger charge is 2.21. The lowest BCUT2D eigenvalue weighted by atomic mass is 10.1. The molecule has 2 aromatic rings. The lowest BCUT2D eigenvalue weighted by Crippen LogP contribution is -3.13. The highest BCUT2D eigenvalue weighted by atomic mass is 16.5. The number of hydrogen-bond donors (Lipinski definition) is 1. The van der Waals surface area contributed by atoms with Gasteiger partial charge in [0.05, 0.1) is 32.8 Å². The standard InChI is InChI=1S/C21H28N2O/c1-4-24-20-9-7-19(8-10-20)16-22-11-13-23(14-12-22)21-15-17(2)5-6-18(21)3/h5-10,15H,4,11-14,16H2,1-3H3/p+1. The molecule has 1 saturated heterocycles. The molecule has 128 valence electrons. The van der Waals surface area contributed by atoms with Crippen molar-refractivity contribution in [2.75, 3.05) is 37.7 Å². The Bertz CT molecular complexity index is 658. The smallest absolute Gasteiger partial charge is 0.119 e. The third kappa shape index (κ3) is 4.09. The molecule has 0 saturated carbocycles. The maximum absolute atomic E-state index is 5.52. The Labute approximate surface area is 145 Å². The molecule has 3 rings (SSSR count). The lowest BCUT2D eigenvalue weighted by Gasteiger charge is -2.34. The zero-order valence-electron chi connectivity index (χ0n) is 15.1. The predicted octanol–water partition coefficient (Wildman–Crippen LogP) is 2.61. The van der Waals surface area contributed by atoms with E-state index < -0.39 is 0 Å². The van der Waals surface area contributed by atoms with Crippen molar-refractivity contribution in [2.24, 2.45) is 0 Å². The van der Waals surface area contributed by atoms with Crippen molar-refractivity contribution in [3.63, 3.8) is 0 Å². The second-order valence-corrected chi connectivity index (χ2v) is 6.78. The summed E-state index contributed by atoms with van der Waals surface area (Å²) in [5.41, 5.74) is 5.54. The van der Waals surface area contributed by atoms with E-state index in [1.54, 1.807) is 4.90 Å². The van der Waals surface area contributed by atoms with Crippen LogP contribution in [0.4, 0.5) is 5.69 Å². The fraction of sp³-hybridized carbons (Fsp3) is 0.429. The Morgan fingerprint density at radius 3 is 2.38 bits per heavy atom. The van der Waals surface area contributed by atoms with Crippen LogP contribution in [0.2, 0.25) is 0 Å². The van der Waals surface area contributed by atoms with Gasteiger partial charge in [0.15, 0.2) is 0 Å². The molecule has 0 aliphatic carbocycles. The van der Waals surface area contributed by atoms with E-state index in [-0.39, 0.29) is 0 Å². The van der Waals surface area contributed by atoms with E-state index in [2.05, 4.69) is 61.2 Å². The summed E-state index contributed by atoms with van der Waals surface area (Å²) >= 11 is 0. The van der Waals surface area contributed by atoms with Crippen molar-refractivity contribution in [3.05, 3.63) is 59.2 Å². The molecule has 1 fully saturated rings. The van der Waals surface area contributed by atoms with Crippen LogP contribution in [0, 0.1) is 13.8 Å². The van der Waals surface area contributed by atoms with E-state index in [9.17, 15) is 0 Å². The zero-order valence-corrected chi connectivity index (χ0v) is 15.1. The number of anilines is 1. The molecule has 1 heterocycles. The number of hydrogen-bond acceptors (Lipinski definition) is 2.